The number of benzene rings is 2. The fourth-order valence-electron chi connectivity index (χ4n) is 2.83. The summed E-state index contributed by atoms with van der Waals surface area (Å²) in [6.07, 6.45) is -0.207. The summed E-state index contributed by atoms with van der Waals surface area (Å²) in [5.41, 5.74) is 1.84. The number of ether oxygens (including phenoxy) is 1. The first kappa shape index (κ1) is 19.5. The molecule has 8 heteroatoms. The largest absolute Gasteiger partial charge is 0.370 e. The topological polar surface area (TPSA) is 70.7 Å². The third-order valence-electron chi connectivity index (χ3n) is 4.29. The minimum Gasteiger partial charge on any atom is -0.370 e. The summed E-state index contributed by atoms with van der Waals surface area (Å²) in [6.45, 7) is 1.36. The Morgan fingerprint density at radius 3 is 2.56 bits per heavy atom. The number of urea groups is 1. The number of hydrogen-bond acceptors (Lipinski definition) is 3. The van der Waals surface area contributed by atoms with Crippen LogP contribution in [0.15, 0.2) is 42.5 Å². The highest BCUT2D eigenvalue weighted by molar-refractivity contribution is 6.34. The Balaban J connectivity index is 1.66. The first-order chi connectivity index (χ1) is 13.0. The van der Waals surface area contributed by atoms with Crippen LogP contribution in [-0.4, -0.2) is 43.6 Å². The van der Waals surface area contributed by atoms with Crippen molar-refractivity contribution in [2.45, 2.75) is 6.10 Å². The number of halogens is 2. The molecule has 1 fully saturated rings. The van der Waals surface area contributed by atoms with Crippen LogP contribution in [0, 0.1) is 0 Å². The number of amides is 3. The predicted molar refractivity (Wildman–Crippen MR) is 106 cm³/mol. The zero-order valence-corrected chi connectivity index (χ0v) is 16.2. The third-order valence-corrected chi connectivity index (χ3v) is 4.85. The molecule has 2 aromatic carbocycles. The van der Waals surface area contributed by atoms with Crippen LogP contribution < -0.4 is 10.6 Å². The summed E-state index contributed by atoms with van der Waals surface area (Å²) >= 11 is 12.1. The lowest BCUT2D eigenvalue weighted by atomic mass is 10.1. The van der Waals surface area contributed by atoms with Crippen molar-refractivity contribution < 1.29 is 14.3 Å². The van der Waals surface area contributed by atoms with E-state index in [1.54, 1.807) is 35.2 Å². The van der Waals surface area contributed by atoms with Crippen LogP contribution in [0.4, 0.5) is 10.5 Å². The Morgan fingerprint density at radius 1 is 1.15 bits per heavy atom. The van der Waals surface area contributed by atoms with Gasteiger partial charge in [-0.15, -0.1) is 0 Å². The highest BCUT2D eigenvalue weighted by atomic mass is 35.5. The number of nitrogens with one attached hydrogen (secondary N) is 2. The third kappa shape index (κ3) is 4.71. The second kappa shape index (κ2) is 8.61. The van der Waals surface area contributed by atoms with Gasteiger partial charge in [0.1, 0.15) is 6.10 Å². The molecular formula is C19H19Cl2N3O3. The van der Waals surface area contributed by atoms with Gasteiger partial charge in [-0.25, -0.2) is 4.79 Å². The van der Waals surface area contributed by atoms with Gasteiger partial charge in [0.15, 0.2) is 0 Å². The maximum atomic E-state index is 12.6. The lowest BCUT2D eigenvalue weighted by Crippen LogP contribution is -2.44. The van der Waals surface area contributed by atoms with Gasteiger partial charge in [0, 0.05) is 24.3 Å². The van der Waals surface area contributed by atoms with Crippen LogP contribution in [0.3, 0.4) is 0 Å². The molecule has 27 heavy (non-hydrogen) atoms. The molecule has 0 aliphatic carbocycles. The smallest absolute Gasteiger partial charge is 0.322 e. The lowest BCUT2D eigenvalue weighted by Gasteiger charge is -2.33. The van der Waals surface area contributed by atoms with Crippen molar-refractivity contribution in [1.82, 2.24) is 10.2 Å². The fraction of sp³-hybridized carbons (Fsp3) is 0.263. The summed E-state index contributed by atoms with van der Waals surface area (Å²) < 4.78 is 5.78. The maximum absolute atomic E-state index is 12.6. The Labute approximate surface area is 167 Å². The molecule has 0 radical (unpaired) electrons. The molecule has 1 aliphatic rings. The van der Waals surface area contributed by atoms with Gasteiger partial charge in [-0.3, -0.25) is 4.79 Å². The second-order valence-electron chi connectivity index (χ2n) is 6.06. The van der Waals surface area contributed by atoms with E-state index in [-0.39, 0.29) is 23.1 Å². The average Bonchev–Trinajstić information content (AvgIpc) is 2.68. The normalized spacial score (nSPS) is 16.7. The van der Waals surface area contributed by atoms with Crippen molar-refractivity contribution in [3.05, 3.63) is 63.6 Å². The molecule has 1 saturated heterocycles. The molecule has 2 aromatic rings. The number of rotatable bonds is 3. The summed E-state index contributed by atoms with van der Waals surface area (Å²) in [5, 5.41) is 6.25. The Morgan fingerprint density at radius 2 is 1.89 bits per heavy atom. The van der Waals surface area contributed by atoms with Gasteiger partial charge >= 0.3 is 6.03 Å². The zero-order chi connectivity index (χ0) is 19.4. The first-order valence-corrected chi connectivity index (χ1v) is 9.18. The fourth-order valence-corrected chi connectivity index (χ4v) is 3.22. The number of carbonyl (C=O) groups excluding carboxylic acids is 2. The molecule has 3 amide bonds. The molecule has 0 unspecified atom stereocenters. The van der Waals surface area contributed by atoms with E-state index in [1.807, 2.05) is 12.1 Å². The SMILES string of the molecule is CNC(=O)c1ccc(NC(=O)N2CCO[C@@H](c3ccc(Cl)cc3)C2)cc1Cl. The molecule has 142 valence electrons. The van der Waals surface area contributed by atoms with E-state index in [4.69, 9.17) is 27.9 Å². The van der Waals surface area contributed by atoms with Crippen LogP contribution in [0.2, 0.25) is 10.0 Å². The predicted octanol–water partition coefficient (Wildman–Crippen LogP) is 3.96. The minimum atomic E-state index is -0.281. The summed E-state index contributed by atoms with van der Waals surface area (Å²) in [7, 11) is 1.53. The van der Waals surface area contributed by atoms with Crippen LogP contribution >= 0.6 is 23.2 Å². The van der Waals surface area contributed by atoms with E-state index in [1.165, 1.54) is 7.05 Å². The Bertz CT molecular complexity index is 843. The van der Waals surface area contributed by atoms with E-state index in [9.17, 15) is 9.59 Å². The number of morpholine rings is 1. The Kier molecular flexibility index (Phi) is 6.21. The zero-order valence-electron chi connectivity index (χ0n) is 14.7. The van der Waals surface area contributed by atoms with Gasteiger partial charge in [-0.05, 0) is 35.9 Å². The van der Waals surface area contributed by atoms with Crippen molar-refractivity contribution >= 4 is 40.8 Å². The van der Waals surface area contributed by atoms with E-state index < -0.39 is 0 Å². The van der Waals surface area contributed by atoms with Crippen LogP contribution in [0.5, 0.6) is 0 Å². The molecule has 0 bridgehead atoms. The molecule has 6 nitrogen and oxygen atoms in total. The second-order valence-corrected chi connectivity index (χ2v) is 6.90. The molecule has 0 saturated carbocycles. The number of anilines is 1. The van der Waals surface area contributed by atoms with Gasteiger partial charge in [0.25, 0.3) is 5.91 Å². The summed E-state index contributed by atoms with van der Waals surface area (Å²) in [5.74, 6) is -0.281. The van der Waals surface area contributed by atoms with Crippen molar-refractivity contribution in [2.75, 3.05) is 32.1 Å². The first-order valence-electron chi connectivity index (χ1n) is 8.42. The molecule has 0 spiro atoms. The maximum Gasteiger partial charge on any atom is 0.322 e. The highest BCUT2D eigenvalue weighted by Crippen LogP contribution is 2.25. The van der Waals surface area contributed by atoms with Crippen LogP contribution in [0.25, 0.3) is 0 Å². The van der Waals surface area contributed by atoms with Crippen molar-refractivity contribution in [3.63, 3.8) is 0 Å². The lowest BCUT2D eigenvalue weighted by molar-refractivity contribution is -0.0135. The highest BCUT2D eigenvalue weighted by Gasteiger charge is 2.25. The van der Waals surface area contributed by atoms with Crippen molar-refractivity contribution in [2.24, 2.45) is 0 Å². The molecule has 0 aromatic heterocycles. The van der Waals surface area contributed by atoms with Gasteiger partial charge in [-0.2, -0.15) is 0 Å². The summed E-state index contributed by atoms with van der Waals surface area (Å²) in [6, 6.07) is 11.9. The average molecular weight is 408 g/mol. The number of hydrogen-bond donors (Lipinski definition) is 2. The molecule has 3 rings (SSSR count). The standard InChI is InChI=1S/C19H19Cl2N3O3/c1-22-18(25)15-7-6-14(10-16(15)21)23-19(26)24-8-9-27-17(11-24)12-2-4-13(20)5-3-12/h2-7,10,17H,8-9,11H2,1H3,(H,22,25)(H,23,26)/t17-/m1/s1. The van der Waals surface area contributed by atoms with E-state index in [0.717, 1.165) is 5.56 Å². The number of nitrogens with zero attached hydrogens (tertiary/aromatic N) is 1. The van der Waals surface area contributed by atoms with E-state index in [0.29, 0.717) is 36.0 Å². The van der Waals surface area contributed by atoms with Gasteiger partial charge in [0.2, 0.25) is 0 Å². The quantitative estimate of drug-likeness (QED) is 0.808. The van der Waals surface area contributed by atoms with E-state index >= 15 is 0 Å². The van der Waals surface area contributed by atoms with Gasteiger partial charge in [-0.1, -0.05) is 35.3 Å². The van der Waals surface area contributed by atoms with E-state index in [2.05, 4.69) is 10.6 Å². The number of carbonyl (C=O) groups is 2. The molecule has 1 atom stereocenters. The Hall–Kier alpha value is -2.28. The molecular weight excluding hydrogens is 389 g/mol. The monoisotopic (exact) mass is 407 g/mol. The van der Waals surface area contributed by atoms with Gasteiger partial charge < -0.3 is 20.3 Å². The summed E-state index contributed by atoms with van der Waals surface area (Å²) in [4.78, 5) is 26.0. The van der Waals surface area contributed by atoms with Gasteiger partial charge in [0.05, 0.1) is 23.7 Å². The molecule has 1 aliphatic heterocycles. The van der Waals surface area contributed by atoms with Crippen LogP contribution in [-0.2, 0) is 4.74 Å². The van der Waals surface area contributed by atoms with Crippen molar-refractivity contribution in [1.29, 1.82) is 0 Å². The van der Waals surface area contributed by atoms with Crippen LogP contribution in [0.1, 0.15) is 22.0 Å². The molecule has 1 heterocycles. The minimum absolute atomic E-state index is 0.207. The molecule has 2 N–H and O–H groups in total. The van der Waals surface area contributed by atoms with Crippen molar-refractivity contribution in [3.8, 4) is 0 Å².